The second-order valence-electron chi connectivity index (χ2n) is 4.36. The van der Waals surface area contributed by atoms with E-state index in [1.807, 2.05) is 6.92 Å². The molecule has 0 bridgehead atoms. The molecule has 0 saturated carbocycles. The molecule has 0 radical (unpaired) electrons. The van der Waals surface area contributed by atoms with Crippen molar-refractivity contribution in [3.63, 3.8) is 0 Å². The highest BCUT2D eigenvalue weighted by Gasteiger charge is 2.20. The van der Waals surface area contributed by atoms with E-state index >= 15 is 0 Å². The Bertz CT molecular complexity index is 759. The van der Waals surface area contributed by atoms with Crippen LogP contribution < -0.4 is 9.46 Å². The number of aryl methyl sites for hydroxylation is 1. The van der Waals surface area contributed by atoms with Crippen molar-refractivity contribution < 1.29 is 21.9 Å². The number of hydrogen-bond donors (Lipinski definition) is 1. The minimum Gasteiger partial charge on any atom is -0.491 e. The third-order valence-corrected chi connectivity index (χ3v) is 4.21. The number of sulfonamides is 1. The van der Waals surface area contributed by atoms with Crippen LogP contribution in [0.25, 0.3) is 0 Å². The number of anilines is 1. The first-order chi connectivity index (χ1) is 9.85. The van der Waals surface area contributed by atoms with Crippen molar-refractivity contribution in [2.75, 3.05) is 11.8 Å². The SMILES string of the molecule is COc1c(NS(=O)(=O)c2ccc(C)cc2)ccc(F)c1F. The fourth-order valence-electron chi connectivity index (χ4n) is 1.73. The molecule has 2 rings (SSSR count). The summed E-state index contributed by atoms with van der Waals surface area (Å²) in [6, 6.07) is 8.04. The molecule has 21 heavy (non-hydrogen) atoms. The number of methoxy groups -OCH3 is 1. The second-order valence-corrected chi connectivity index (χ2v) is 6.04. The molecule has 0 atom stereocenters. The summed E-state index contributed by atoms with van der Waals surface area (Å²) in [6.07, 6.45) is 0. The van der Waals surface area contributed by atoms with Crippen molar-refractivity contribution in [2.45, 2.75) is 11.8 Å². The van der Waals surface area contributed by atoms with E-state index in [2.05, 4.69) is 4.72 Å². The van der Waals surface area contributed by atoms with E-state index in [9.17, 15) is 17.2 Å². The van der Waals surface area contributed by atoms with Crippen LogP contribution in [-0.4, -0.2) is 15.5 Å². The van der Waals surface area contributed by atoms with Gasteiger partial charge in [0, 0.05) is 0 Å². The van der Waals surface area contributed by atoms with Gasteiger partial charge in [0.25, 0.3) is 10.0 Å². The van der Waals surface area contributed by atoms with Crippen LogP contribution in [-0.2, 0) is 10.0 Å². The Morgan fingerprint density at radius 3 is 2.24 bits per heavy atom. The van der Waals surface area contributed by atoms with Crippen LogP contribution in [0, 0.1) is 18.6 Å². The molecule has 0 unspecified atom stereocenters. The monoisotopic (exact) mass is 313 g/mol. The average molecular weight is 313 g/mol. The van der Waals surface area contributed by atoms with Crippen molar-refractivity contribution in [1.29, 1.82) is 0 Å². The van der Waals surface area contributed by atoms with Gasteiger partial charge in [0.1, 0.15) is 0 Å². The van der Waals surface area contributed by atoms with Gasteiger partial charge in [-0.3, -0.25) is 4.72 Å². The molecule has 0 fully saturated rings. The molecule has 0 saturated heterocycles. The maximum absolute atomic E-state index is 13.6. The van der Waals surface area contributed by atoms with Crippen molar-refractivity contribution >= 4 is 15.7 Å². The zero-order valence-corrected chi connectivity index (χ0v) is 12.2. The number of halogens is 2. The van der Waals surface area contributed by atoms with Gasteiger partial charge in [-0.25, -0.2) is 12.8 Å². The van der Waals surface area contributed by atoms with E-state index < -0.39 is 27.4 Å². The maximum Gasteiger partial charge on any atom is 0.262 e. The molecule has 2 aromatic rings. The Morgan fingerprint density at radius 1 is 1.05 bits per heavy atom. The lowest BCUT2D eigenvalue weighted by molar-refractivity contribution is 0.374. The maximum atomic E-state index is 13.6. The highest BCUT2D eigenvalue weighted by Crippen LogP contribution is 2.31. The third kappa shape index (κ3) is 3.13. The van der Waals surface area contributed by atoms with Crippen molar-refractivity contribution in [3.05, 3.63) is 53.6 Å². The first-order valence-corrected chi connectivity index (χ1v) is 7.45. The summed E-state index contributed by atoms with van der Waals surface area (Å²) < 4.78 is 58.0. The predicted molar refractivity (Wildman–Crippen MR) is 74.9 cm³/mol. The minimum absolute atomic E-state index is 0.0138. The molecule has 0 aliphatic carbocycles. The minimum atomic E-state index is -3.91. The van der Waals surface area contributed by atoms with Crippen molar-refractivity contribution in [3.8, 4) is 5.75 Å². The van der Waals surface area contributed by atoms with E-state index in [0.29, 0.717) is 0 Å². The third-order valence-electron chi connectivity index (χ3n) is 2.83. The molecule has 1 N–H and O–H groups in total. The van der Waals surface area contributed by atoms with Gasteiger partial charge in [0.15, 0.2) is 11.6 Å². The fraction of sp³-hybridized carbons (Fsp3) is 0.143. The van der Waals surface area contributed by atoms with Crippen molar-refractivity contribution in [1.82, 2.24) is 0 Å². The van der Waals surface area contributed by atoms with Crippen LogP contribution in [0.1, 0.15) is 5.56 Å². The summed E-state index contributed by atoms with van der Waals surface area (Å²) >= 11 is 0. The zero-order valence-electron chi connectivity index (χ0n) is 11.4. The van der Waals surface area contributed by atoms with Gasteiger partial charge < -0.3 is 4.74 Å². The van der Waals surface area contributed by atoms with Gasteiger partial charge in [0.2, 0.25) is 5.82 Å². The lowest BCUT2D eigenvalue weighted by atomic mass is 10.2. The summed E-state index contributed by atoms with van der Waals surface area (Å²) in [5, 5.41) is 0. The van der Waals surface area contributed by atoms with Crippen LogP contribution in [0.15, 0.2) is 41.3 Å². The van der Waals surface area contributed by atoms with E-state index in [4.69, 9.17) is 4.74 Å². The predicted octanol–water partition coefficient (Wildman–Crippen LogP) is 3.08. The highest BCUT2D eigenvalue weighted by molar-refractivity contribution is 7.92. The molecule has 0 spiro atoms. The molecular formula is C14H13F2NO3S. The first-order valence-electron chi connectivity index (χ1n) is 5.96. The highest BCUT2D eigenvalue weighted by atomic mass is 32.2. The standard InChI is InChI=1S/C14H13F2NO3S/c1-9-3-5-10(6-4-9)21(18,19)17-12-8-7-11(15)13(16)14(12)20-2/h3-8,17H,1-2H3. The normalized spacial score (nSPS) is 11.2. The van der Waals surface area contributed by atoms with E-state index in [1.54, 1.807) is 12.1 Å². The molecule has 2 aromatic carbocycles. The smallest absolute Gasteiger partial charge is 0.262 e. The number of benzene rings is 2. The molecule has 0 amide bonds. The lowest BCUT2D eigenvalue weighted by Gasteiger charge is -2.12. The van der Waals surface area contributed by atoms with Gasteiger partial charge in [-0.15, -0.1) is 0 Å². The fourth-order valence-corrected chi connectivity index (χ4v) is 2.80. The van der Waals surface area contributed by atoms with Gasteiger partial charge >= 0.3 is 0 Å². The molecule has 4 nitrogen and oxygen atoms in total. The quantitative estimate of drug-likeness (QED) is 0.944. The molecule has 112 valence electrons. The van der Waals surface area contributed by atoms with E-state index in [0.717, 1.165) is 24.8 Å². The number of hydrogen-bond acceptors (Lipinski definition) is 3. The average Bonchev–Trinajstić information content (AvgIpc) is 2.43. The van der Waals surface area contributed by atoms with Gasteiger partial charge in [-0.2, -0.15) is 4.39 Å². The summed E-state index contributed by atoms with van der Waals surface area (Å²) in [7, 11) is -2.78. The summed E-state index contributed by atoms with van der Waals surface area (Å²) in [5.74, 6) is -2.86. The molecule has 7 heteroatoms. The van der Waals surface area contributed by atoms with Crippen LogP contribution in [0.3, 0.4) is 0 Å². The summed E-state index contributed by atoms with van der Waals surface area (Å²) in [4.78, 5) is 0.0138. The zero-order chi connectivity index (χ0) is 15.6. The topological polar surface area (TPSA) is 55.4 Å². The Balaban J connectivity index is 2.42. The molecule has 0 aliphatic heterocycles. The van der Waals surface area contributed by atoms with Crippen LogP contribution in [0.5, 0.6) is 5.75 Å². The number of ether oxygens (including phenoxy) is 1. The summed E-state index contributed by atoms with van der Waals surface area (Å²) in [6.45, 7) is 1.82. The van der Waals surface area contributed by atoms with Crippen LogP contribution in [0.2, 0.25) is 0 Å². The molecule has 0 aromatic heterocycles. The Hall–Kier alpha value is -2.15. The van der Waals surface area contributed by atoms with Gasteiger partial charge in [0.05, 0.1) is 17.7 Å². The van der Waals surface area contributed by atoms with Crippen LogP contribution >= 0.6 is 0 Å². The second kappa shape index (κ2) is 5.69. The molecule has 0 heterocycles. The van der Waals surface area contributed by atoms with E-state index in [-0.39, 0.29) is 10.6 Å². The Kier molecular flexibility index (Phi) is 4.13. The molecule has 0 aliphatic rings. The van der Waals surface area contributed by atoms with Crippen molar-refractivity contribution in [2.24, 2.45) is 0 Å². The van der Waals surface area contributed by atoms with Gasteiger partial charge in [-0.05, 0) is 31.2 Å². The lowest BCUT2D eigenvalue weighted by Crippen LogP contribution is -2.14. The number of rotatable bonds is 4. The van der Waals surface area contributed by atoms with E-state index in [1.165, 1.54) is 12.1 Å². The molecular weight excluding hydrogens is 300 g/mol. The largest absolute Gasteiger partial charge is 0.491 e. The van der Waals surface area contributed by atoms with Gasteiger partial charge in [-0.1, -0.05) is 17.7 Å². The first kappa shape index (κ1) is 15.2. The Labute approximate surface area is 121 Å². The summed E-state index contributed by atoms with van der Waals surface area (Å²) in [5.41, 5.74) is 0.733. The Morgan fingerprint density at radius 2 is 1.67 bits per heavy atom. The van der Waals surface area contributed by atoms with Crippen LogP contribution in [0.4, 0.5) is 14.5 Å². The number of nitrogens with one attached hydrogen (secondary N) is 1.